The molecule has 1 aromatic heterocycles. The van der Waals surface area contributed by atoms with Crippen molar-refractivity contribution in [3.05, 3.63) is 59.4 Å². The lowest BCUT2D eigenvalue weighted by molar-refractivity contribution is 0.0695. The number of hydrogen-bond donors (Lipinski definition) is 1. The number of likely N-dealkylation sites (tertiary alicyclic amines) is 1. The molecule has 142 valence electrons. The zero-order valence-electron chi connectivity index (χ0n) is 15.4. The lowest BCUT2D eigenvalue weighted by atomic mass is 9.90. The molecule has 0 bridgehead atoms. The molecule has 1 fully saturated rings. The van der Waals surface area contributed by atoms with E-state index in [0.717, 1.165) is 38.2 Å². The topological polar surface area (TPSA) is 79.7 Å². The molecule has 0 aliphatic carbocycles. The third-order valence-electron chi connectivity index (χ3n) is 5.04. The number of aromatic carboxylic acids is 1. The molecule has 3 rings (SSSR count). The van der Waals surface area contributed by atoms with Crippen molar-refractivity contribution in [2.45, 2.75) is 25.8 Å². The van der Waals surface area contributed by atoms with Crippen molar-refractivity contribution in [1.29, 1.82) is 0 Å². The second-order valence-corrected chi connectivity index (χ2v) is 6.93. The van der Waals surface area contributed by atoms with Crippen LogP contribution in [0.15, 0.2) is 42.6 Å². The highest BCUT2D eigenvalue weighted by Gasteiger charge is 2.22. The number of ketones is 1. The maximum absolute atomic E-state index is 12.4. The summed E-state index contributed by atoms with van der Waals surface area (Å²) in [7, 11) is 1.66. The number of hydrogen-bond acceptors (Lipinski definition) is 5. The Hall–Kier alpha value is -2.73. The highest BCUT2D eigenvalue weighted by atomic mass is 16.5. The monoisotopic (exact) mass is 368 g/mol. The fourth-order valence-electron chi connectivity index (χ4n) is 3.39. The van der Waals surface area contributed by atoms with Crippen LogP contribution in [0, 0.1) is 5.92 Å². The minimum Gasteiger partial charge on any atom is -0.497 e. The van der Waals surface area contributed by atoms with E-state index in [2.05, 4.69) is 22.0 Å². The molecule has 27 heavy (non-hydrogen) atoms. The molecule has 0 radical (unpaired) electrons. The fraction of sp³-hybridized carbons (Fsp3) is 0.381. The molecule has 0 unspecified atom stereocenters. The number of ether oxygens (including phenoxy) is 1. The maximum atomic E-state index is 12.4. The van der Waals surface area contributed by atoms with Crippen LogP contribution in [-0.2, 0) is 6.54 Å². The molecule has 0 amide bonds. The number of rotatable bonds is 7. The van der Waals surface area contributed by atoms with Crippen LogP contribution in [0.4, 0.5) is 0 Å². The van der Waals surface area contributed by atoms with E-state index in [9.17, 15) is 9.59 Å². The molecule has 0 atom stereocenters. The molecule has 0 spiro atoms. The predicted octanol–water partition coefficient (Wildman–Crippen LogP) is 3.27. The smallest absolute Gasteiger partial charge is 0.337 e. The molecule has 1 aliphatic heterocycles. The van der Waals surface area contributed by atoms with Crippen LogP contribution in [-0.4, -0.2) is 46.9 Å². The number of aromatic nitrogens is 1. The summed E-state index contributed by atoms with van der Waals surface area (Å²) in [5.41, 5.74) is 1.70. The van der Waals surface area contributed by atoms with Crippen molar-refractivity contribution in [3.63, 3.8) is 0 Å². The van der Waals surface area contributed by atoms with Gasteiger partial charge in [-0.3, -0.25) is 14.7 Å². The van der Waals surface area contributed by atoms with E-state index in [0.29, 0.717) is 18.0 Å². The van der Waals surface area contributed by atoms with Crippen molar-refractivity contribution in [1.82, 2.24) is 9.88 Å². The average molecular weight is 368 g/mol. The highest BCUT2D eigenvalue weighted by molar-refractivity contribution is 5.95. The first-order chi connectivity index (χ1) is 13.0. The van der Waals surface area contributed by atoms with Gasteiger partial charge in [-0.25, -0.2) is 4.79 Å². The second-order valence-electron chi connectivity index (χ2n) is 6.93. The van der Waals surface area contributed by atoms with Gasteiger partial charge in [-0.15, -0.1) is 0 Å². The summed E-state index contributed by atoms with van der Waals surface area (Å²) < 4.78 is 5.19. The average Bonchev–Trinajstić information content (AvgIpc) is 2.70. The van der Waals surface area contributed by atoms with Gasteiger partial charge in [-0.2, -0.15) is 0 Å². The van der Waals surface area contributed by atoms with Gasteiger partial charge in [0.25, 0.3) is 0 Å². The van der Waals surface area contributed by atoms with Gasteiger partial charge < -0.3 is 9.84 Å². The van der Waals surface area contributed by atoms with Crippen molar-refractivity contribution >= 4 is 11.8 Å². The standard InChI is InChI=1S/C21H24N2O4/c1-27-18-5-2-16(3-6-18)14-23-10-8-15(9-11-23)12-20(24)19-7-4-17(13-22-19)21(25)26/h2-7,13,15H,8-12,14H2,1H3,(H,25,26). The first kappa shape index (κ1) is 19.0. The summed E-state index contributed by atoms with van der Waals surface area (Å²) in [6.45, 7) is 2.84. The number of nitrogens with zero attached hydrogens (tertiary/aromatic N) is 2. The lowest BCUT2D eigenvalue weighted by Crippen LogP contribution is -2.34. The Kier molecular flexibility index (Phi) is 6.19. The molecular formula is C21H24N2O4. The Balaban J connectivity index is 1.47. The normalized spacial score (nSPS) is 15.4. The van der Waals surface area contributed by atoms with E-state index < -0.39 is 5.97 Å². The summed E-state index contributed by atoms with van der Waals surface area (Å²) >= 11 is 0. The number of pyridine rings is 1. The van der Waals surface area contributed by atoms with E-state index in [1.807, 2.05) is 12.1 Å². The lowest BCUT2D eigenvalue weighted by Gasteiger charge is -2.31. The molecule has 0 saturated carbocycles. The van der Waals surface area contributed by atoms with E-state index in [4.69, 9.17) is 9.84 Å². The van der Waals surface area contributed by atoms with Gasteiger partial charge >= 0.3 is 5.97 Å². The molecule has 6 nitrogen and oxygen atoms in total. The van der Waals surface area contributed by atoms with E-state index >= 15 is 0 Å². The number of carbonyl (C=O) groups excluding carboxylic acids is 1. The molecule has 1 saturated heterocycles. The number of Topliss-reactive ketones (excluding diaryl/α,β-unsaturated/α-hetero) is 1. The fourth-order valence-corrected chi connectivity index (χ4v) is 3.39. The second kappa shape index (κ2) is 8.77. The van der Waals surface area contributed by atoms with Crippen LogP contribution in [0.25, 0.3) is 0 Å². The Morgan fingerprint density at radius 1 is 1.15 bits per heavy atom. The van der Waals surface area contributed by atoms with Crippen molar-refractivity contribution in [2.75, 3.05) is 20.2 Å². The van der Waals surface area contributed by atoms with Gasteiger partial charge in [0.05, 0.1) is 12.7 Å². The van der Waals surface area contributed by atoms with Crippen molar-refractivity contribution in [3.8, 4) is 5.75 Å². The summed E-state index contributed by atoms with van der Waals surface area (Å²) in [5.74, 6) is 0.165. The van der Waals surface area contributed by atoms with Gasteiger partial charge in [-0.1, -0.05) is 12.1 Å². The SMILES string of the molecule is COc1ccc(CN2CCC(CC(=O)c3ccc(C(=O)O)cn3)CC2)cc1. The molecule has 6 heteroatoms. The molecule has 2 aromatic rings. The quantitative estimate of drug-likeness (QED) is 0.756. The zero-order valence-corrected chi connectivity index (χ0v) is 15.4. The van der Waals surface area contributed by atoms with Gasteiger partial charge in [0, 0.05) is 19.2 Å². The molecule has 1 N–H and O–H groups in total. The maximum Gasteiger partial charge on any atom is 0.337 e. The number of carboxylic acids is 1. The Bertz CT molecular complexity index is 779. The van der Waals surface area contributed by atoms with Crippen LogP contribution in [0.3, 0.4) is 0 Å². The Morgan fingerprint density at radius 2 is 1.85 bits per heavy atom. The molecular weight excluding hydrogens is 344 g/mol. The van der Waals surface area contributed by atoms with Crippen LogP contribution in [0.1, 0.15) is 45.7 Å². The predicted molar refractivity (Wildman–Crippen MR) is 101 cm³/mol. The third kappa shape index (κ3) is 5.14. The minimum atomic E-state index is -1.04. The van der Waals surface area contributed by atoms with Crippen molar-refractivity contribution in [2.24, 2.45) is 5.92 Å². The van der Waals surface area contributed by atoms with Gasteiger partial charge in [0.1, 0.15) is 11.4 Å². The Labute approximate surface area is 158 Å². The van der Waals surface area contributed by atoms with E-state index in [-0.39, 0.29) is 11.3 Å². The molecule has 1 aliphatic rings. The van der Waals surface area contributed by atoms with E-state index in [1.54, 1.807) is 7.11 Å². The Morgan fingerprint density at radius 3 is 2.41 bits per heavy atom. The van der Waals surface area contributed by atoms with Crippen LogP contribution >= 0.6 is 0 Å². The zero-order chi connectivity index (χ0) is 19.2. The third-order valence-corrected chi connectivity index (χ3v) is 5.04. The summed E-state index contributed by atoms with van der Waals surface area (Å²) in [5, 5.41) is 8.90. The number of carboxylic acid groups (broad SMARTS) is 1. The number of piperidine rings is 1. The van der Waals surface area contributed by atoms with Gasteiger partial charge in [0.2, 0.25) is 0 Å². The first-order valence-corrected chi connectivity index (χ1v) is 9.13. The van der Waals surface area contributed by atoms with Crippen LogP contribution < -0.4 is 4.74 Å². The summed E-state index contributed by atoms with van der Waals surface area (Å²) in [6.07, 6.45) is 3.67. The molecule has 2 heterocycles. The summed E-state index contributed by atoms with van der Waals surface area (Å²) in [4.78, 5) is 29.7. The van der Waals surface area contributed by atoms with Crippen LogP contribution in [0.5, 0.6) is 5.75 Å². The largest absolute Gasteiger partial charge is 0.497 e. The first-order valence-electron chi connectivity index (χ1n) is 9.13. The number of benzene rings is 1. The number of methoxy groups -OCH3 is 1. The van der Waals surface area contributed by atoms with E-state index in [1.165, 1.54) is 23.9 Å². The van der Waals surface area contributed by atoms with Gasteiger partial charge in [-0.05, 0) is 61.7 Å². The van der Waals surface area contributed by atoms with Gasteiger partial charge in [0.15, 0.2) is 5.78 Å². The highest BCUT2D eigenvalue weighted by Crippen LogP contribution is 2.24. The van der Waals surface area contributed by atoms with Crippen LogP contribution in [0.2, 0.25) is 0 Å². The molecule has 1 aromatic carbocycles. The minimum absolute atomic E-state index is 0.0134. The van der Waals surface area contributed by atoms with Crippen molar-refractivity contribution < 1.29 is 19.4 Å². The number of carbonyl (C=O) groups is 2. The summed E-state index contributed by atoms with van der Waals surface area (Å²) in [6, 6.07) is 11.1.